The molecule has 0 amide bonds. The van der Waals surface area contributed by atoms with E-state index in [0.29, 0.717) is 5.69 Å². The number of nitrogens with one attached hydrogen (secondary N) is 1. The normalized spacial score (nSPS) is 13.6. The number of aromatic nitrogens is 2. The van der Waals surface area contributed by atoms with Crippen molar-refractivity contribution in [1.82, 2.24) is 10.2 Å². The number of esters is 1. The van der Waals surface area contributed by atoms with Crippen LogP contribution < -0.4 is 0 Å². The number of carbonyl (C=O) groups is 2. The summed E-state index contributed by atoms with van der Waals surface area (Å²) in [5, 5.41) is 13.7. The minimum atomic E-state index is -1.24. The summed E-state index contributed by atoms with van der Waals surface area (Å²) in [6.45, 7) is 6.42. The van der Waals surface area contributed by atoms with Crippen LogP contribution in [0.4, 0.5) is 5.69 Å². The Morgan fingerprint density at radius 3 is 2.56 bits per heavy atom. The second-order valence-electron chi connectivity index (χ2n) is 4.72. The number of nitrogens with zero attached hydrogens (tertiary/aromatic N) is 3. The fourth-order valence-electron chi connectivity index (χ4n) is 1.08. The Morgan fingerprint density at radius 1 is 1.44 bits per heavy atom. The average molecular weight is 252 g/mol. The zero-order chi connectivity index (χ0) is 13.8. The maximum absolute atomic E-state index is 11.7. The van der Waals surface area contributed by atoms with Crippen molar-refractivity contribution < 1.29 is 14.3 Å². The van der Waals surface area contributed by atoms with Crippen molar-refractivity contribution in [1.29, 1.82) is 0 Å². The predicted molar refractivity (Wildman–Crippen MR) is 63.4 cm³/mol. The van der Waals surface area contributed by atoms with Gasteiger partial charge in [0.1, 0.15) is 11.3 Å². The van der Waals surface area contributed by atoms with Crippen molar-refractivity contribution >= 4 is 17.4 Å². The third-order valence-electron chi connectivity index (χ3n) is 1.79. The molecule has 0 aromatic carbocycles. The molecule has 0 aliphatic carbocycles. The molecule has 1 aromatic rings. The lowest BCUT2D eigenvalue weighted by Gasteiger charge is -2.20. The van der Waals surface area contributed by atoms with Gasteiger partial charge in [0.05, 0.1) is 6.20 Å². The van der Waals surface area contributed by atoms with Crippen LogP contribution in [0.25, 0.3) is 0 Å². The Balaban J connectivity index is 2.77. The summed E-state index contributed by atoms with van der Waals surface area (Å²) in [7, 11) is 0. The number of azo groups is 1. The van der Waals surface area contributed by atoms with E-state index in [0.717, 1.165) is 0 Å². The topological polar surface area (TPSA) is 96.8 Å². The lowest BCUT2D eigenvalue weighted by atomic mass is 10.1. The molecule has 0 bridgehead atoms. The van der Waals surface area contributed by atoms with E-state index in [2.05, 4.69) is 20.4 Å². The number of H-pyrrole nitrogens is 1. The van der Waals surface area contributed by atoms with Gasteiger partial charge in [-0.05, 0) is 27.7 Å². The van der Waals surface area contributed by atoms with Gasteiger partial charge in [-0.25, -0.2) is 4.79 Å². The molecule has 0 saturated heterocycles. The number of hydrogen-bond donors (Lipinski definition) is 1. The number of ether oxygens (including phenoxy) is 1. The number of Topliss-reactive ketones (excluding diaryl/α,β-unsaturated/α-hetero) is 1. The number of hydrogen-bond acceptors (Lipinski definition) is 6. The van der Waals surface area contributed by atoms with Crippen LogP contribution in [0.3, 0.4) is 0 Å². The van der Waals surface area contributed by atoms with Crippen molar-refractivity contribution in [2.24, 2.45) is 10.2 Å². The van der Waals surface area contributed by atoms with E-state index in [1.165, 1.54) is 19.3 Å². The quantitative estimate of drug-likeness (QED) is 0.502. The van der Waals surface area contributed by atoms with Crippen molar-refractivity contribution in [3.8, 4) is 0 Å². The monoisotopic (exact) mass is 252 g/mol. The molecule has 1 atom stereocenters. The molecule has 0 aliphatic rings. The molecular weight excluding hydrogens is 236 g/mol. The highest BCUT2D eigenvalue weighted by Crippen LogP contribution is 2.13. The zero-order valence-electron chi connectivity index (χ0n) is 10.8. The van der Waals surface area contributed by atoms with Gasteiger partial charge in [-0.15, -0.1) is 0 Å². The van der Waals surface area contributed by atoms with Crippen LogP contribution in [0.5, 0.6) is 0 Å². The molecule has 1 heterocycles. The first-order valence-electron chi connectivity index (χ1n) is 5.42. The van der Waals surface area contributed by atoms with Crippen LogP contribution in [-0.4, -0.2) is 33.6 Å². The summed E-state index contributed by atoms with van der Waals surface area (Å²) in [5.41, 5.74) is -0.236. The average Bonchev–Trinajstić information content (AvgIpc) is 2.67. The van der Waals surface area contributed by atoms with Gasteiger partial charge < -0.3 is 4.74 Å². The van der Waals surface area contributed by atoms with E-state index in [9.17, 15) is 9.59 Å². The van der Waals surface area contributed by atoms with E-state index in [4.69, 9.17) is 4.74 Å². The van der Waals surface area contributed by atoms with Gasteiger partial charge in [0, 0.05) is 6.20 Å². The van der Waals surface area contributed by atoms with Crippen molar-refractivity contribution in [3.63, 3.8) is 0 Å². The van der Waals surface area contributed by atoms with Crippen LogP contribution in [0, 0.1) is 0 Å². The molecule has 0 spiro atoms. The van der Waals surface area contributed by atoms with Crippen LogP contribution >= 0.6 is 0 Å². The third-order valence-corrected chi connectivity index (χ3v) is 1.79. The first-order chi connectivity index (χ1) is 8.29. The molecule has 0 fully saturated rings. The molecule has 18 heavy (non-hydrogen) atoms. The van der Waals surface area contributed by atoms with Crippen molar-refractivity contribution in [2.75, 3.05) is 0 Å². The highest BCUT2D eigenvalue weighted by molar-refractivity contribution is 6.02. The van der Waals surface area contributed by atoms with Crippen LogP contribution in [0.2, 0.25) is 0 Å². The molecular formula is C11H16N4O3. The molecule has 98 valence electrons. The predicted octanol–water partition coefficient (Wildman–Crippen LogP) is 1.79. The van der Waals surface area contributed by atoms with E-state index < -0.39 is 23.4 Å². The van der Waals surface area contributed by atoms with E-state index in [1.807, 2.05) is 0 Å². The van der Waals surface area contributed by atoms with Gasteiger partial charge >= 0.3 is 5.97 Å². The molecule has 1 unspecified atom stereocenters. The molecule has 1 aromatic heterocycles. The summed E-state index contributed by atoms with van der Waals surface area (Å²) >= 11 is 0. The van der Waals surface area contributed by atoms with E-state index in [-0.39, 0.29) is 0 Å². The van der Waals surface area contributed by atoms with Crippen molar-refractivity contribution in [2.45, 2.75) is 39.3 Å². The largest absolute Gasteiger partial charge is 0.458 e. The Bertz CT molecular complexity index is 445. The highest BCUT2D eigenvalue weighted by atomic mass is 16.6. The van der Waals surface area contributed by atoms with Crippen LogP contribution in [0.15, 0.2) is 22.6 Å². The number of rotatable bonds is 4. The van der Waals surface area contributed by atoms with Gasteiger partial charge in [0.2, 0.25) is 6.04 Å². The molecule has 0 aliphatic heterocycles. The second-order valence-corrected chi connectivity index (χ2v) is 4.72. The lowest BCUT2D eigenvalue weighted by molar-refractivity contribution is -0.157. The third kappa shape index (κ3) is 4.44. The number of ketones is 1. The lowest BCUT2D eigenvalue weighted by Crippen LogP contribution is -2.34. The Hall–Kier alpha value is -2.05. The fourth-order valence-corrected chi connectivity index (χ4v) is 1.08. The summed E-state index contributed by atoms with van der Waals surface area (Å²) in [6, 6.07) is -1.24. The van der Waals surface area contributed by atoms with Crippen LogP contribution in [0.1, 0.15) is 27.7 Å². The van der Waals surface area contributed by atoms with Gasteiger partial charge in [0.15, 0.2) is 5.78 Å². The second kappa shape index (κ2) is 5.52. The van der Waals surface area contributed by atoms with Gasteiger partial charge in [-0.3, -0.25) is 9.89 Å². The molecule has 7 heteroatoms. The van der Waals surface area contributed by atoms with Crippen LogP contribution in [-0.2, 0) is 14.3 Å². The number of carbonyl (C=O) groups excluding carboxylic acids is 2. The molecule has 0 saturated carbocycles. The Kier molecular flexibility index (Phi) is 4.30. The molecule has 1 rings (SSSR count). The standard InChI is InChI=1S/C11H16N4O3/c1-7(16)9(10(17)18-11(2,3)4)15-14-8-5-12-13-6-8/h5-6,9H,1-4H3,(H,12,13). The van der Waals surface area contributed by atoms with E-state index >= 15 is 0 Å². The van der Waals surface area contributed by atoms with E-state index in [1.54, 1.807) is 20.8 Å². The fraction of sp³-hybridized carbons (Fsp3) is 0.545. The summed E-state index contributed by atoms with van der Waals surface area (Å²) in [6.07, 6.45) is 2.92. The van der Waals surface area contributed by atoms with Gasteiger partial charge in [-0.1, -0.05) is 0 Å². The Labute approximate surface area is 105 Å². The maximum atomic E-state index is 11.7. The number of aromatic amines is 1. The highest BCUT2D eigenvalue weighted by Gasteiger charge is 2.28. The van der Waals surface area contributed by atoms with Gasteiger partial charge in [0.25, 0.3) is 0 Å². The smallest absolute Gasteiger partial charge is 0.341 e. The summed E-state index contributed by atoms with van der Waals surface area (Å²) in [4.78, 5) is 23.1. The summed E-state index contributed by atoms with van der Waals surface area (Å²) in [5.74, 6) is -1.13. The molecule has 1 N–H and O–H groups in total. The van der Waals surface area contributed by atoms with Crippen molar-refractivity contribution in [3.05, 3.63) is 12.4 Å². The first kappa shape index (κ1) is 14.0. The minimum absolute atomic E-state index is 0.420. The zero-order valence-corrected chi connectivity index (χ0v) is 10.8. The summed E-state index contributed by atoms with van der Waals surface area (Å²) < 4.78 is 5.09. The maximum Gasteiger partial charge on any atom is 0.341 e. The molecule has 0 radical (unpaired) electrons. The minimum Gasteiger partial charge on any atom is -0.458 e. The van der Waals surface area contributed by atoms with Gasteiger partial charge in [-0.2, -0.15) is 15.3 Å². The first-order valence-corrected chi connectivity index (χ1v) is 5.42. The SMILES string of the molecule is CC(=O)C(N=Nc1cn[nH]c1)C(=O)OC(C)(C)C. The Morgan fingerprint density at radius 2 is 2.11 bits per heavy atom. The molecule has 7 nitrogen and oxygen atoms in total.